The minimum atomic E-state index is 0.289. The smallest absolute Gasteiger partial charge is 0.129 e. The average Bonchev–Trinajstić information content (AvgIpc) is 2.58. The van der Waals surface area contributed by atoms with Gasteiger partial charge in [-0.05, 0) is 52.2 Å². The lowest BCUT2D eigenvalue weighted by atomic mass is 10.0. The van der Waals surface area contributed by atoms with Gasteiger partial charge in [0, 0.05) is 49.2 Å². The first-order valence-corrected chi connectivity index (χ1v) is 10.3. The van der Waals surface area contributed by atoms with E-state index in [4.69, 9.17) is 0 Å². The predicted octanol–water partition coefficient (Wildman–Crippen LogP) is 3.64. The molecule has 3 unspecified atom stereocenters. The lowest BCUT2D eigenvalue weighted by molar-refractivity contribution is -0.117. The quantitative estimate of drug-likeness (QED) is 0.761. The Kier molecular flexibility index (Phi) is 13.5. The van der Waals surface area contributed by atoms with E-state index in [0.717, 1.165) is 32.4 Å². The number of pyridine rings is 1. The van der Waals surface area contributed by atoms with Crippen LogP contribution in [0.2, 0.25) is 0 Å². The summed E-state index contributed by atoms with van der Waals surface area (Å²) in [6.45, 7) is 14.7. The molecule has 1 fully saturated rings. The number of nitrogens with zero attached hydrogens (tertiary/aromatic N) is 2. The number of hydrogen-bond donors (Lipinski definition) is 2. The van der Waals surface area contributed by atoms with Crippen LogP contribution in [0.5, 0.6) is 0 Å². The number of carbonyl (C=O) groups excluding carboxylic acids is 1. The molecule has 2 rings (SSSR count). The van der Waals surface area contributed by atoms with Gasteiger partial charge in [0.05, 0.1) is 0 Å². The highest BCUT2D eigenvalue weighted by molar-refractivity contribution is 7.13. The number of ketones is 1. The molecule has 2 heterocycles. The summed E-state index contributed by atoms with van der Waals surface area (Å²) >= 11 is 0. The molecule has 0 bridgehead atoms. The second-order valence-electron chi connectivity index (χ2n) is 6.97. The van der Waals surface area contributed by atoms with Crippen molar-refractivity contribution in [3.8, 4) is 0 Å². The zero-order valence-electron chi connectivity index (χ0n) is 17.5. The fraction of sp³-hybridized carbons (Fsp3) is 0.700. The molecule has 1 aromatic rings. The van der Waals surface area contributed by atoms with Crippen LogP contribution in [0.3, 0.4) is 0 Å². The third-order valence-electron chi connectivity index (χ3n) is 4.25. The van der Waals surface area contributed by atoms with Crippen molar-refractivity contribution >= 4 is 20.9 Å². The SMILES string of the molecule is CCCC(C)=O.CCCc1c(N2CC(C)NC(C)C2)ccnc1C.NP. The molecule has 1 saturated heterocycles. The monoisotopic (exact) mass is 382 g/mol. The van der Waals surface area contributed by atoms with Crippen LogP contribution in [-0.2, 0) is 11.2 Å². The summed E-state index contributed by atoms with van der Waals surface area (Å²) < 4.78 is 0. The van der Waals surface area contributed by atoms with Gasteiger partial charge in [0.2, 0.25) is 0 Å². The molecule has 0 saturated carbocycles. The molecule has 0 spiro atoms. The summed E-state index contributed by atoms with van der Waals surface area (Å²) in [4.78, 5) is 17.0. The molecule has 1 aromatic heterocycles. The first-order valence-electron chi connectivity index (χ1n) is 9.67. The van der Waals surface area contributed by atoms with E-state index in [1.807, 2.05) is 22.5 Å². The van der Waals surface area contributed by atoms with E-state index < -0.39 is 0 Å². The van der Waals surface area contributed by atoms with Gasteiger partial charge in [0.15, 0.2) is 0 Å². The normalized spacial score (nSPS) is 19.0. The molecule has 0 radical (unpaired) electrons. The second kappa shape index (κ2) is 14.1. The Balaban J connectivity index is 0.000000667. The summed E-state index contributed by atoms with van der Waals surface area (Å²) in [6, 6.07) is 3.29. The molecule has 6 heteroatoms. The van der Waals surface area contributed by atoms with E-state index in [-0.39, 0.29) is 5.78 Å². The van der Waals surface area contributed by atoms with E-state index in [1.54, 1.807) is 6.92 Å². The molecule has 0 aliphatic carbocycles. The Morgan fingerprint density at radius 1 is 1.27 bits per heavy atom. The van der Waals surface area contributed by atoms with Crippen molar-refractivity contribution in [2.24, 2.45) is 5.50 Å². The van der Waals surface area contributed by atoms with Crippen LogP contribution in [0.25, 0.3) is 0 Å². The van der Waals surface area contributed by atoms with Gasteiger partial charge in [-0.1, -0.05) is 29.7 Å². The fourth-order valence-electron chi connectivity index (χ4n) is 3.31. The summed E-state index contributed by atoms with van der Waals surface area (Å²) in [5.41, 5.74) is 8.43. The van der Waals surface area contributed by atoms with Crippen LogP contribution >= 0.6 is 9.39 Å². The Morgan fingerprint density at radius 2 is 1.85 bits per heavy atom. The standard InChI is InChI=1S/C15H25N3.C5H10O.H4NP/c1-5-6-14-13(4)16-8-7-15(14)18-9-11(2)17-12(3)10-18;1-3-4-5(2)6;1-2/h7-8,11-12,17H,5-6,9-10H2,1-4H3;3-4H2,1-2H3;1-2H2. The van der Waals surface area contributed by atoms with Crippen molar-refractivity contribution in [2.75, 3.05) is 18.0 Å². The van der Waals surface area contributed by atoms with Crippen molar-refractivity contribution in [1.82, 2.24) is 10.3 Å². The zero-order chi connectivity index (χ0) is 20.1. The molecule has 3 atom stereocenters. The van der Waals surface area contributed by atoms with Crippen molar-refractivity contribution in [1.29, 1.82) is 0 Å². The number of aromatic nitrogens is 1. The Bertz CT molecular complexity index is 515. The van der Waals surface area contributed by atoms with Crippen LogP contribution in [-0.4, -0.2) is 35.9 Å². The van der Waals surface area contributed by atoms with Gasteiger partial charge in [-0.2, -0.15) is 0 Å². The number of anilines is 1. The molecule has 5 nitrogen and oxygen atoms in total. The summed E-state index contributed by atoms with van der Waals surface area (Å²) in [5.74, 6) is 0.289. The minimum Gasteiger partial charge on any atom is -0.368 e. The third kappa shape index (κ3) is 9.07. The first-order chi connectivity index (χ1) is 12.4. The third-order valence-corrected chi connectivity index (χ3v) is 4.25. The molecule has 150 valence electrons. The van der Waals surface area contributed by atoms with Crippen molar-refractivity contribution in [3.63, 3.8) is 0 Å². The van der Waals surface area contributed by atoms with Crippen LogP contribution in [0.15, 0.2) is 12.3 Å². The maximum absolute atomic E-state index is 10.0. The van der Waals surface area contributed by atoms with E-state index in [0.29, 0.717) is 12.1 Å². The average molecular weight is 383 g/mol. The van der Waals surface area contributed by atoms with Gasteiger partial charge >= 0.3 is 0 Å². The number of rotatable bonds is 5. The van der Waals surface area contributed by atoms with Crippen LogP contribution in [0, 0.1) is 6.92 Å². The van der Waals surface area contributed by atoms with Crippen LogP contribution in [0.4, 0.5) is 5.69 Å². The van der Waals surface area contributed by atoms with Crippen LogP contribution in [0.1, 0.15) is 65.1 Å². The van der Waals surface area contributed by atoms with Gasteiger partial charge in [-0.15, -0.1) is 0 Å². The van der Waals surface area contributed by atoms with Crippen LogP contribution < -0.4 is 15.7 Å². The van der Waals surface area contributed by atoms with Crippen molar-refractivity contribution < 1.29 is 4.79 Å². The lowest BCUT2D eigenvalue weighted by Crippen LogP contribution is -2.54. The van der Waals surface area contributed by atoms with E-state index in [1.165, 1.54) is 23.4 Å². The minimum absolute atomic E-state index is 0.289. The summed E-state index contributed by atoms with van der Waals surface area (Å²) in [6.07, 6.45) is 5.97. The number of carbonyl (C=O) groups is 1. The topological polar surface area (TPSA) is 71.2 Å². The highest BCUT2D eigenvalue weighted by Crippen LogP contribution is 2.25. The Labute approximate surface area is 162 Å². The number of piperazine rings is 1. The molecule has 1 aliphatic heterocycles. The number of nitrogens with two attached hydrogens (primary N) is 1. The van der Waals surface area contributed by atoms with Gasteiger partial charge in [-0.25, -0.2) is 0 Å². The molecular formula is C20H39N4OP. The second-order valence-corrected chi connectivity index (χ2v) is 6.97. The molecule has 0 amide bonds. The molecular weight excluding hydrogens is 343 g/mol. The highest BCUT2D eigenvalue weighted by Gasteiger charge is 2.23. The number of hydrogen-bond acceptors (Lipinski definition) is 5. The summed E-state index contributed by atoms with van der Waals surface area (Å²) in [5, 5.41) is 3.59. The highest BCUT2D eigenvalue weighted by atomic mass is 31.0. The Hall–Kier alpha value is -1.03. The van der Waals surface area contributed by atoms with Gasteiger partial charge < -0.3 is 20.5 Å². The number of Topliss-reactive ketones (excluding diaryl/α,β-unsaturated/α-hetero) is 1. The van der Waals surface area contributed by atoms with Crippen molar-refractivity contribution in [2.45, 2.75) is 79.3 Å². The molecule has 3 N–H and O–H groups in total. The number of nitrogens with one attached hydrogen (secondary N) is 1. The van der Waals surface area contributed by atoms with E-state index >= 15 is 0 Å². The Morgan fingerprint density at radius 3 is 2.27 bits per heavy atom. The molecule has 26 heavy (non-hydrogen) atoms. The molecule has 0 aromatic carbocycles. The van der Waals surface area contributed by atoms with E-state index in [9.17, 15) is 4.79 Å². The lowest BCUT2D eigenvalue weighted by Gasteiger charge is -2.38. The summed E-state index contributed by atoms with van der Waals surface area (Å²) in [7, 11) is 1.92. The largest absolute Gasteiger partial charge is 0.368 e. The maximum atomic E-state index is 10.0. The fourth-order valence-corrected chi connectivity index (χ4v) is 3.31. The first kappa shape index (κ1) is 25.0. The van der Waals surface area contributed by atoms with Crippen molar-refractivity contribution in [3.05, 3.63) is 23.5 Å². The maximum Gasteiger partial charge on any atom is 0.129 e. The number of aryl methyl sites for hydroxylation is 1. The molecule has 1 aliphatic rings. The van der Waals surface area contributed by atoms with E-state index in [2.05, 4.69) is 54.5 Å². The van der Waals surface area contributed by atoms with Gasteiger partial charge in [0.1, 0.15) is 5.78 Å². The van der Waals surface area contributed by atoms with Gasteiger partial charge in [0.25, 0.3) is 0 Å². The zero-order valence-corrected chi connectivity index (χ0v) is 18.7. The predicted molar refractivity (Wildman–Crippen MR) is 117 cm³/mol. The van der Waals surface area contributed by atoms with Gasteiger partial charge in [-0.3, -0.25) is 4.98 Å².